The standard InChI is InChI=1S/C10H16BrN3/c1-14-12-7-10(13-14)8-4-2-3-5-9(11)6-8/h7-9H,2-6H2,1H3. The van der Waals surface area contributed by atoms with Crippen molar-refractivity contribution in [3.63, 3.8) is 0 Å². The minimum Gasteiger partial charge on any atom is -0.188 e. The molecular weight excluding hydrogens is 242 g/mol. The first-order valence-electron chi connectivity index (χ1n) is 5.26. The topological polar surface area (TPSA) is 30.7 Å². The van der Waals surface area contributed by atoms with E-state index in [9.17, 15) is 0 Å². The Labute approximate surface area is 93.0 Å². The highest BCUT2D eigenvalue weighted by Crippen LogP contribution is 2.33. The van der Waals surface area contributed by atoms with Crippen molar-refractivity contribution >= 4 is 15.9 Å². The van der Waals surface area contributed by atoms with Crippen molar-refractivity contribution in [3.8, 4) is 0 Å². The van der Waals surface area contributed by atoms with Crippen LogP contribution >= 0.6 is 15.9 Å². The minimum atomic E-state index is 0.607. The molecule has 0 amide bonds. The lowest BCUT2D eigenvalue weighted by Crippen LogP contribution is -2.05. The van der Waals surface area contributed by atoms with Crippen molar-refractivity contribution in [2.24, 2.45) is 7.05 Å². The first-order chi connectivity index (χ1) is 6.75. The molecule has 1 heterocycles. The molecule has 0 N–H and O–H groups in total. The molecule has 0 spiro atoms. The van der Waals surface area contributed by atoms with Crippen LogP contribution in [-0.2, 0) is 7.05 Å². The number of hydrogen-bond acceptors (Lipinski definition) is 2. The zero-order chi connectivity index (χ0) is 9.97. The highest BCUT2D eigenvalue weighted by molar-refractivity contribution is 9.09. The van der Waals surface area contributed by atoms with Gasteiger partial charge in [0.25, 0.3) is 0 Å². The maximum Gasteiger partial charge on any atom is 0.0858 e. The summed E-state index contributed by atoms with van der Waals surface area (Å²) in [5, 5.41) is 8.53. The Morgan fingerprint density at radius 3 is 2.93 bits per heavy atom. The van der Waals surface area contributed by atoms with E-state index < -0.39 is 0 Å². The molecule has 1 aromatic heterocycles. The molecule has 1 saturated carbocycles. The summed E-state index contributed by atoms with van der Waals surface area (Å²) in [5.41, 5.74) is 1.17. The Bertz CT molecular complexity index is 297. The Kier molecular flexibility index (Phi) is 3.21. The fourth-order valence-corrected chi connectivity index (χ4v) is 2.89. The third-order valence-electron chi connectivity index (χ3n) is 2.90. The van der Waals surface area contributed by atoms with Gasteiger partial charge in [-0.1, -0.05) is 28.8 Å². The number of aryl methyl sites for hydroxylation is 1. The predicted octanol–water partition coefficient (Wildman–Crippen LogP) is 2.63. The molecule has 0 radical (unpaired) electrons. The van der Waals surface area contributed by atoms with Crippen molar-refractivity contribution in [2.45, 2.75) is 42.8 Å². The van der Waals surface area contributed by atoms with Crippen LogP contribution in [0.25, 0.3) is 0 Å². The van der Waals surface area contributed by atoms with E-state index in [4.69, 9.17) is 0 Å². The van der Waals surface area contributed by atoms with E-state index >= 15 is 0 Å². The Morgan fingerprint density at radius 1 is 1.43 bits per heavy atom. The van der Waals surface area contributed by atoms with Gasteiger partial charge >= 0.3 is 0 Å². The largest absolute Gasteiger partial charge is 0.188 e. The summed E-state index contributed by atoms with van der Waals surface area (Å²) >= 11 is 3.73. The summed E-state index contributed by atoms with van der Waals surface area (Å²) < 4.78 is 0. The first-order valence-corrected chi connectivity index (χ1v) is 6.17. The van der Waals surface area contributed by atoms with Crippen LogP contribution in [0.4, 0.5) is 0 Å². The summed E-state index contributed by atoms with van der Waals surface area (Å²) in [6, 6.07) is 0. The van der Waals surface area contributed by atoms with E-state index in [0.717, 1.165) is 0 Å². The molecule has 2 atom stereocenters. The molecule has 2 unspecified atom stereocenters. The lowest BCUT2D eigenvalue weighted by atomic mass is 9.97. The van der Waals surface area contributed by atoms with Crippen LogP contribution in [0.15, 0.2) is 6.20 Å². The van der Waals surface area contributed by atoms with Gasteiger partial charge in [0.15, 0.2) is 0 Å². The second-order valence-electron chi connectivity index (χ2n) is 4.07. The van der Waals surface area contributed by atoms with E-state index in [-0.39, 0.29) is 0 Å². The summed E-state index contributed by atoms with van der Waals surface area (Å²) in [6.45, 7) is 0. The number of nitrogens with zero attached hydrogens (tertiary/aromatic N) is 3. The third-order valence-corrected chi connectivity index (χ3v) is 3.73. The van der Waals surface area contributed by atoms with Gasteiger partial charge in [-0.3, -0.25) is 0 Å². The van der Waals surface area contributed by atoms with Crippen LogP contribution in [0.2, 0.25) is 0 Å². The van der Waals surface area contributed by atoms with Gasteiger partial charge in [-0.25, -0.2) is 0 Å². The maximum atomic E-state index is 4.40. The lowest BCUT2D eigenvalue weighted by Gasteiger charge is -2.12. The van der Waals surface area contributed by atoms with Gasteiger partial charge in [0.2, 0.25) is 0 Å². The zero-order valence-electron chi connectivity index (χ0n) is 8.49. The smallest absolute Gasteiger partial charge is 0.0858 e. The molecule has 2 rings (SSSR count). The maximum absolute atomic E-state index is 4.40. The molecule has 0 bridgehead atoms. The monoisotopic (exact) mass is 257 g/mol. The van der Waals surface area contributed by atoms with E-state index in [1.54, 1.807) is 4.80 Å². The molecule has 14 heavy (non-hydrogen) atoms. The van der Waals surface area contributed by atoms with Gasteiger partial charge < -0.3 is 0 Å². The number of rotatable bonds is 1. The Balaban J connectivity index is 2.08. The molecule has 1 aliphatic rings. The number of halogens is 1. The van der Waals surface area contributed by atoms with Crippen molar-refractivity contribution < 1.29 is 0 Å². The Morgan fingerprint density at radius 2 is 2.21 bits per heavy atom. The SMILES string of the molecule is Cn1ncc(C2CCCCC(Br)C2)n1. The molecule has 3 nitrogen and oxygen atoms in total. The van der Waals surface area contributed by atoms with Crippen molar-refractivity contribution in [3.05, 3.63) is 11.9 Å². The second kappa shape index (κ2) is 4.43. The van der Waals surface area contributed by atoms with Gasteiger partial charge in [0.1, 0.15) is 0 Å². The van der Waals surface area contributed by atoms with Crippen LogP contribution in [0, 0.1) is 0 Å². The van der Waals surface area contributed by atoms with E-state index in [1.165, 1.54) is 37.8 Å². The molecule has 1 aliphatic carbocycles. The second-order valence-corrected chi connectivity index (χ2v) is 5.37. The molecule has 1 aromatic rings. The van der Waals surface area contributed by atoms with E-state index in [2.05, 4.69) is 26.1 Å². The highest BCUT2D eigenvalue weighted by Gasteiger charge is 2.21. The molecule has 78 valence electrons. The summed E-state index contributed by atoms with van der Waals surface area (Å²) in [6.07, 6.45) is 8.35. The lowest BCUT2D eigenvalue weighted by molar-refractivity contribution is 0.564. The zero-order valence-corrected chi connectivity index (χ0v) is 10.1. The molecule has 0 aliphatic heterocycles. The van der Waals surface area contributed by atoms with Gasteiger partial charge in [-0.05, 0) is 19.3 Å². The van der Waals surface area contributed by atoms with Crippen molar-refractivity contribution in [1.82, 2.24) is 15.0 Å². The minimum absolute atomic E-state index is 0.607. The van der Waals surface area contributed by atoms with Crippen molar-refractivity contribution in [2.75, 3.05) is 0 Å². The molecular formula is C10H16BrN3. The molecule has 4 heteroatoms. The molecule has 0 saturated heterocycles. The first kappa shape index (κ1) is 10.1. The highest BCUT2D eigenvalue weighted by atomic mass is 79.9. The van der Waals surface area contributed by atoms with E-state index in [0.29, 0.717) is 10.7 Å². The van der Waals surface area contributed by atoms with E-state index in [1.807, 2.05) is 13.2 Å². The van der Waals surface area contributed by atoms with Gasteiger partial charge in [-0.15, -0.1) is 0 Å². The van der Waals surface area contributed by atoms with Crippen LogP contribution in [0.3, 0.4) is 0 Å². The fourth-order valence-electron chi connectivity index (χ4n) is 2.12. The third kappa shape index (κ3) is 2.35. The average molecular weight is 258 g/mol. The van der Waals surface area contributed by atoms with Crippen LogP contribution < -0.4 is 0 Å². The number of aromatic nitrogens is 3. The summed E-state index contributed by atoms with van der Waals surface area (Å²) in [4.78, 5) is 2.32. The van der Waals surface area contributed by atoms with Gasteiger partial charge in [-0.2, -0.15) is 15.0 Å². The molecule has 0 aromatic carbocycles. The van der Waals surface area contributed by atoms with Crippen molar-refractivity contribution in [1.29, 1.82) is 0 Å². The van der Waals surface area contributed by atoms with Crippen LogP contribution in [0.1, 0.15) is 43.7 Å². The normalized spacial score (nSPS) is 28.7. The number of hydrogen-bond donors (Lipinski definition) is 0. The fraction of sp³-hybridized carbons (Fsp3) is 0.800. The number of alkyl halides is 1. The van der Waals surface area contributed by atoms with Crippen LogP contribution in [-0.4, -0.2) is 19.8 Å². The van der Waals surface area contributed by atoms with Gasteiger partial charge in [0, 0.05) is 17.8 Å². The Hall–Kier alpha value is -0.380. The van der Waals surface area contributed by atoms with Crippen LogP contribution in [0.5, 0.6) is 0 Å². The summed E-state index contributed by atoms with van der Waals surface area (Å²) in [5.74, 6) is 0.607. The quantitative estimate of drug-likeness (QED) is 0.572. The molecule has 1 fully saturated rings. The predicted molar refractivity (Wildman–Crippen MR) is 59.5 cm³/mol. The van der Waals surface area contributed by atoms with Gasteiger partial charge in [0.05, 0.1) is 11.9 Å². The summed E-state index contributed by atoms with van der Waals surface area (Å²) in [7, 11) is 1.88. The average Bonchev–Trinajstić information content (AvgIpc) is 2.45.